The maximum absolute atomic E-state index is 3.79. The Labute approximate surface area is 125 Å². The van der Waals surface area contributed by atoms with Crippen LogP contribution in [0.3, 0.4) is 0 Å². The Hall–Kier alpha value is -0.820. The molecule has 1 atom stereocenters. The first kappa shape index (κ1) is 15.6. The molecule has 0 radical (unpaired) electrons. The minimum atomic E-state index is 0.665. The van der Waals surface area contributed by atoms with Gasteiger partial charge in [0, 0.05) is 6.04 Å². The molecule has 1 aliphatic carbocycles. The first-order valence-electron chi connectivity index (χ1n) is 8.48. The summed E-state index contributed by atoms with van der Waals surface area (Å²) in [6, 6.07) is 7.55. The molecule has 1 aliphatic rings. The zero-order valence-corrected chi connectivity index (χ0v) is 13.5. The first-order chi connectivity index (χ1) is 9.69. The average molecular weight is 273 g/mol. The third-order valence-electron chi connectivity index (χ3n) is 4.75. The third-order valence-corrected chi connectivity index (χ3v) is 4.75. The normalized spacial score (nSPS) is 17.6. The van der Waals surface area contributed by atoms with E-state index in [1.807, 2.05) is 0 Å². The third kappa shape index (κ3) is 4.63. The molecule has 0 aromatic heterocycles. The smallest absolute Gasteiger partial charge is 0.0110 e. The molecule has 1 unspecified atom stereocenters. The predicted octanol–water partition coefficient (Wildman–Crippen LogP) is 4.79. The van der Waals surface area contributed by atoms with Crippen molar-refractivity contribution in [3.8, 4) is 0 Å². The molecule has 0 aliphatic heterocycles. The summed E-state index contributed by atoms with van der Waals surface area (Å²) in [5, 5.41) is 3.79. The zero-order chi connectivity index (χ0) is 14.4. The van der Waals surface area contributed by atoms with E-state index in [2.05, 4.69) is 44.3 Å². The van der Waals surface area contributed by atoms with Gasteiger partial charge in [-0.1, -0.05) is 56.4 Å². The van der Waals surface area contributed by atoms with Gasteiger partial charge in [0.15, 0.2) is 0 Å². The van der Waals surface area contributed by atoms with Crippen LogP contribution in [0.2, 0.25) is 0 Å². The van der Waals surface area contributed by atoms with Crippen molar-refractivity contribution in [2.75, 3.05) is 6.54 Å². The molecule has 0 spiro atoms. The van der Waals surface area contributed by atoms with Gasteiger partial charge in [0.1, 0.15) is 0 Å². The van der Waals surface area contributed by atoms with Crippen molar-refractivity contribution in [3.63, 3.8) is 0 Å². The van der Waals surface area contributed by atoms with Gasteiger partial charge >= 0.3 is 0 Å². The first-order valence-corrected chi connectivity index (χ1v) is 8.48. The minimum Gasteiger partial charge on any atom is -0.314 e. The van der Waals surface area contributed by atoms with Gasteiger partial charge < -0.3 is 5.32 Å². The van der Waals surface area contributed by atoms with Crippen LogP contribution in [0.4, 0.5) is 0 Å². The molecule has 2 rings (SSSR count). The van der Waals surface area contributed by atoms with Crippen LogP contribution in [0.25, 0.3) is 0 Å². The van der Waals surface area contributed by atoms with Crippen LogP contribution in [0, 0.1) is 19.8 Å². The molecule has 0 bridgehead atoms. The van der Waals surface area contributed by atoms with Gasteiger partial charge in [-0.05, 0) is 56.7 Å². The molecule has 1 fully saturated rings. The van der Waals surface area contributed by atoms with E-state index in [1.54, 1.807) is 0 Å². The molecule has 1 heteroatoms. The van der Waals surface area contributed by atoms with Gasteiger partial charge in [0.05, 0.1) is 0 Å². The molecular formula is C19H31N. The summed E-state index contributed by atoms with van der Waals surface area (Å²) in [7, 11) is 0. The van der Waals surface area contributed by atoms with E-state index in [9.17, 15) is 0 Å². The maximum atomic E-state index is 3.79. The van der Waals surface area contributed by atoms with Crippen LogP contribution in [0.1, 0.15) is 62.1 Å². The van der Waals surface area contributed by atoms with Crippen molar-refractivity contribution in [2.24, 2.45) is 5.92 Å². The summed E-state index contributed by atoms with van der Waals surface area (Å²) in [6.45, 7) is 7.87. The van der Waals surface area contributed by atoms with E-state index in [0.717, 1.165) is 12.5 Å². The van der Waals surface area contributed by atoms with Gasteiger partial charge in [0.2, 0.25) is 0 Å². The number of benzene rings is 1. The number of aryl methyl sites for hydroxylation is 2. The molecule has 20 heavy (non-hydrogen) atoms. The molecule has 1 saturated carbocycles. The fourth-order valence-electron chi connectivity index (χ4n) is 3.52. The van der Waals surface area contributed by atoms with E-state index in [-0.39, 0.29) is 0 Å². The van der Waals surface area contributed by atoms with E-state index in [1.165, 1.54) is 61.6 Å². The van der Waals surface area contributed by atoms with Crippen LogP contribution in [-0.2, 0) is 6.42 Å². The highest BCUT2D eigenvalue weighted by atomic mass is 14.9. The number of rotatable bonds is 7. The number of hydrogen-bond donors (Lipinski definition) is 1. The SMILES string of the molecule is CCCNC(Cc1cc(C)ccc1C)CC1CCCC1. The topological polar surface area (TPSA) is 12.0 Å². The number of hydrogen-bond acceptors (Lipinski definition) is 1. The molecule has 112 valence electrons. The molecule has 1 aromatic carbocycles. The van der Waals surface area contributed by atoms with Crippen molar-refractivity contribution in [1.82, 2.24) is 5.32 Å². The fourth-order valence-corrected chi connectivity index (χ4v) is 3.52. The lowest BCUT2D eigenvalue weighted by molar-refractivity contribution is 0.384. The second kappa shape index (κ2) is 7.83. The highest BCUT2D eigenvalue weighted by Crippen LogP contribution is 2.29. The van der Waals surface area contributed by atoms with Gasteiger partial charge in [-0.15, -0.1) is 0 Å². The lowest BCUT2D eigenvalue weighted by Crippen LogP contribution is -2.33. The molecule has 0 saturated heterocycles. The van der Waals surface area contributed by atoms with Crippen LogP contribution in [0.15, 0.2) is 18.2 Å². The summed E-state index contributed by atoms with van der Waals surface area (Å²) >= 11 is 0. The molecule has 0 heterocycles. The number of nitrogens with one attached hydrogen (secondary N) is 1. The zero-order valence-electron chi connectivity index (χ0n) is 13.5. The monoisotopic (exact) mass is 273 g/mol. The highest BCUT2D eigenvalue weighted by Gasteiger charge is 2.20. The Kier molecular flexibility index (Phi) is 6.09. The Morgan fingerprint density at radius 1 is 1.20 bits per heavy atom. The van der Waals surface area contributed by atoms with Gasteiger partial charge in [-0.25, -0.2) is 0 Å². The lowest BCUT2D eigenvalue weighted by atomic mass is 9.91. The summed E-state index contributed by atoms with van der Waals surface area (Å²) in [4.78, 5) is 0. The van der Waals surface area contributed by atoms with Crippen molar-refractivity contribution in [3.05, 3.63) is 34.9 Å². The molecular weight excluding hydrogens is 242 g/mol. The molecule has 1 aromatic rings. The van der Waals surface area contributed by atoms with Crippen LogP contribution < -0.4 is 5.32 Å². The van der Waals surface area contributed by atoms with E-state index in [4.69, 9.17) is 0 Å². The second-order valence-electron chi connectivity index (χ2n) is 6.67. The predicted molar refractivity (Wildman–Crippen MR) is 88.3 cm³/mol. The van der Waals surface area contributed by atoms with Crippen molar-refractivity contribution >= 4 is 0 Å². The second-order valence-corrected chi connectivity index (χ2v) is 6.67. The quantitative estimate of drug-likeness (QED) is 0.753. The fraction of sp³-hybridized carbons (Fsp3) is 0.684. The Bertz CT molecular complexity index is 404. The molecule has 1 nitrogen and oxygen atoms in total. The average Bonchev–Trinajstić information content (AvgIpc) is 2.93. The maximum Gasteiger partial charge on any atom is 0.0110 e. The van der Waals surface area contributed by atoms with Crippen LogP contribution in [0.5, 0.6) is 0 Å². The molecule has 1 N–H and O–H groups in total. The van der Waals surface area contributed by atoms with Crippen molar-refractivity contribution < 1.29 is 0 Å². The van der Waals surface area contributed by atoms with E-state index < -0.39 is 0 Å². The summed E-state index contributed by atoms with van der Waals surface area (Å²) in [5.74, 6) is 0.967. The lowest BCUT2D eigenvalue weighted by Gasteiger charge is -2.23. The summed E-state index contributed by atoms with van der Waals surface area (Å²) < 4.78 is 0. The minimum absolute atomic E-state index is 0.665. The van der Waals surface area contributed by atoms with E-state index in [0.29, 0.717) is 6.04 Å². The van der Waals surface area contributed by atoms with Crippen molar-refractivity contribution in [2.45, 2.75) is 71.8 Å². The van der Waals surface area contributed by atoms with Crippen molar-refractivity contribution in [1.29, 1.82) is 0 Å². The Balaban J connectivity index is 1.99. The van der Waals surface area contributed by atoms with Gasteiger partial charge in [0.25, 0.3) is 0 Å². The van der Waals surface area contributed by atoms with E-state index >= 15 is 0 Å². The van der Waals surface area contributed by atoms with Gasteiger partial charge in [-0.3, -0.25) is 0 Å². The summed E-state index contributed by atoms with van der Waals surface area (Å²) in [6.07, 6.45) is 9.61. The van der Waals surface area contributed by atoms with Gasteiger partial charge in [-0.2, -0.15) is 0 Å². The highest BCUT2D eigenvalue weighted by molar-refractivity contribution is 5.31. The van der Waals surface area contributed by atoms with Crippen LogP contribution >= 0.6 is 0 Å². The standard InChI is InChI=1S/C19H31N/c1-4-11-20-19(13-17-7-5-6-8-17)14-18-12-15(2)9-10-16(18)3/h9-10,12,17,19-20H,4-8,11,13-14H2,1-3H3. The Morgan fingerprint density at radius 2 is 1.95 bits per heavy atom. The summed E-state index contributed by atoms with van der Waals surface area (Å²) in [5.41, 5.74) is 4.38. The largest absolute Gasteiger partial charge is 0.314 e. The Morgan fingerprint density at radius 3 is 2.65 bits per heavy atom. The molecule has 0 amide bonds. The van der Waals surface area contributed by atoms with Crippen LogP contribution in [-0.4, -0.2) is 12.6 Å².